The number of hydrogen-bond acceptors (Lipinski definition) is 4. The van der Waals surface area contributed by atoms with Gasteiger partial charge in [-0.15, -0.1) is 11.3 Å². The van der Waals surface area contributed by atoms with E-state index in [9.17, 15) is 13.2 Å². The van der Waals surface area contributed by atoms with Crippen molar-refractivity contribution in [3.05, 3.63) is 14.9 Å². The molecule has 20 heavy (non-hydrogen) atoms. The molecule has 0 saturated heterocycles. The van der Waals surface area contributed by atoms with E-state index in [1.165, 1.54) is 13.0 Å². The summed E-state index contributed by atoms with van der Waals surface area (Å²) in [6.07, 6.45) is 0. The molecule has 9 heteroatoms. The van der Waals surface area contributed by atoms with Crippen LogP contribution in [0.25, 0.3) is 0 Å². The number of carbonyl (C=O) groups is 1. The van der Waals surface area contributed by atoms with E-state index >= 15 is 0 Å². The Morgan fingerprint density at radius 1 is 1.50 bits per heavy atom. The molecule has 0 aliphatic carbocycles. The third kappa shape index (κ3) is 4.17. The van der Waals surface area contributed by atoms with Crippen LogP contribution in [0.2, 0.25) is 5.02 Å². The third-order valence-corrected chi connectivity index (χ3v) is 7.15. The number of nitrogens with one attached hydrogen (secondary N) is 1. The predicted octanol–water partition coefficient (Wildman–Crippen LogP) is 2.70. The van der Waals surface area contributed by atoms with Gasteiger partial charge in [0.15, 0.2) is 0 Å². The van der Waals surface area contributed by atoms with Crippen LogP contribution in [0.1, 0.15) is 20.8 Å². The SMILES string of the molecule is CCN(CC)C(=O)C(C)NS(=O)(=O)c1cc(Cl)c(Br)s1. The van der Waals surface area contributed by atoms with Crippen molar-refractivity contribution >= 4 is 54.8 Å². The van der Waals surface area contributed by atoms with E-state index in [1.54, 1.807) is 4.90 Å². The lowest BCUT2D eigenvalue weighted by Crippen LogP contribution is -2.46. The maximum Gasteiger partial charge on any atom is 0.250 e. The van der Waals surface area contributed by atoms with Gasteiger partial charge in [-0.25, -0.2) is 8.42 Å². The first kappa shape index (κ1) is 17.9. The van der Waals surface area contributed by atoms with Gasteiger partial charge in [0, 0.05) is 13.1 Å². The number of carbonyl (C=O) groups excluding carboxylic acids is 1. The van der Waals surface area contributed by atoms with Crippen molar-refractivity contribution in [1.82, 2.24) is 9.62 Å². The highest BCUT2D eigenvalue weighted by atomic mass is 79.9. The van der Waals surface area contributed by atoms with Crippen molar-refractivity contribution in [2.75, 3.05) is 13.1 Å². The first-order chi connectivity index (χ1) is 9.22. The number of thiophene rings is 1. The zero-order valence-electron chi connectivity index (χ0n) is 11.3. The maximum atomic E-state index is 12.2. The summed E-state index contributed by atoms with van der Waals surface area (Å²) < 4.78 is 27.3. The summed E-state index contributed by atoms with van der Waals surface area (Å²) in [6.45, 7) is 6.30. The van der Waals surface area contributed by atoms with Crippen LogP contribution in [0, 0.1) is 0 Å². The molecule has 5 nitrogen and oxygen atoms in total. The lowest BCUT2D eigenvalue weighted by atomic mass is 10.3. The number of amides is 1. The van der Waals surface area contributed by atoms with E-state index in [4.69, 9.17) is 11.6 Å². The molecule has 1 aromatic heterocycles. The van der Waals surface area contributed by atoms with Crippen LogP contribution in [0.4, 0.5) is 0 Å². The molecule has 1 unspecified atom stereocenters. The number of nitrogens with zero attached hydrogens (tertiary/aromatic N) is 1. The van der Waals surface area contributed by atoms with E-state index in [1.807, 2.05) is 13.8 Å². The third-order valence-electron chi connectivity index (χ3n) is 2.66. The largest absolute Gasteiger partial charge is 0.342 e. The Balaban J connectivity index is 2.88. The highest BCUT2D eigenvalue weighted by Gasteiger charge is 2.26. The quantitative estimate of drug-likeness (QED) is 0.794. The van der Waals surface area contributed by atoms with Crippen molar-refractivity contribution in [3.63, 3.8) is 0 Å². The van der Waals surface area contributed by atoms with Gasteiger partial charge in [-0.2, -0.15) is 4.72 Å². The van der Waals surface area contributed by atoms with Gasteiger partial charge in [0.25, 0.3) is 10.0 Å². The van der Waals surface area contributed by atoms with Crippen LogP contribution in [-0.2, 0) is 14.8 Å². The molecule has 0 radical (unpaired) electrons. The molecule has 1 N–H and O–H groups in total. The van der Waals surface area contributed by atoms with Gasteiger partial charge in [-0.3, -0.25) is 4.79 Å². The lowest BCUT2D eigenvalue weighted by Gasteiger charge is -2.23. The standard InChI is InChI=1S/C11H16BrClN2O3S2/c1-4-15(5-2)11(16)7(3)14-20(17,18)9-6-8(13)10(12)19-9/h6-7,14H,4-5H2,1-3H3. The molecule has 0 spiro atoms. The van der Waals surface area contributed by atoms with Gasteiger partial charge < -0.3 is 4.90 Å². The zero-order chi connectivity index (χ0) is 15.5. The first-order valence-corrected chi connectivity index (χ1v) is 9.45. The van der Waals surface area contributed by atoms with Gasteiger partial charge in [0.2, 0.25) is 5.91 Å². The Morgan fingerprint density at radius 2 is 2.05 bits per heavy atom. The van der Waals surface area contributed by atoms with Crippen molar-refractivity contribution in [2.45, 2.75) is 31.0 Å². The van der Waals surface area contributed by atoms with Crippen molar-refractivity contribution in [1.29, 1.82) is 0 Å². The zero-order valence-corrected chi connectivity index (χ0v) is 15.3. The second-order valence-corrected chi connectivity index (χ2v) is 8.76. The summed E-state index contributed by atoms with van der Waals surface area (Å²) in [6, 6.07) is 0.535. The molecule has 1 heterocycles. The second-order valence-electron chi connectivity index (χ2n) is 4.04. The molecule has 1 aromatic rings. The van der Waals surface area contributed by atoms with Crippen LogP contribution >= 0.6 is 38.9 Å². The molecule has 0 saturated carbocycles. The monoisotopic (exact) mass is 402 g/mol. The molecule has 1 rings (SSSR count). The molecule has 0 fully saturated rings. The Labute approximate surface area is 136 Å². The predicted molar refractivity (Wildman–Crippen MR) is 84.7 cm³/mol. The highest BCUT2D eigenvalue weighted by Crippen LogP contribution is 2.34. The average Bonchev–Trinajstić information content (AvgIpc) is 2.71. The minimum atomic E-state index is -3.75. The maximum absolute atomic E-state index is 12.2. The van der Waals surface area contributed by atoms with Crippen molar-refractivity contribution in [3.8, 4) is 0 Å². The van der Waals surface area contributed by atoms with Crippen LogP contribution in [0.5, 0.6) is 0 Å². The van der Waals surface area contributed by atoms with Crippen LogP contribution in [0.3, 0.4) is 0 Å². The highest BCUT2D eigenvalue weighted by molar-refractivity contribution is 9.11. The van der Waals surface area contributed by atoms with E-state index in [-0.39, 0.29) is 10.1 Å². The van der Waals surface area contributed by atoms with E-state index < -0.39 is 16.1 Å². The average molecular weight is 404 g/mol. The Kier molecular flexibility index (Phi) is 6.46. The fourth-order valence-electron chi connectivity index (χ4n) is 1.61. The van der Waals surface area contributed by atoms with Crippen LogP contribution in [0.15, 0.2) is 14.1 Å². The molecular formula is C11H16BrClN2O3S2. The van der Waals surface area contributed by atoms with Crippen molar-refractivity contribution in [2.24, 2.45) is 0 Å². The molecule has 1 amide bonds. The van der Waals surface area contributed by atoms with Gasteiger partial charge in [0.1, 0.15) is 4.21 Å². The molecule has 1 atom stereocenters. The summed E-state index contributed by atoms with van der Waals surface area (Å²) >= 11 is 10.00. The molecule has 0 bridgehead atoms. The summed E-state index contributed by atoms with van der Waals surface area (Å²) in [5.74, 6) is -0.250. The van der Waals surface area contributed by atoms with E-state index in [2.05, 4.69) is 20.7 Å². The smallest absolute Gasteiger partial charge is 0.250 e. The van der Waals surface area contributed by atoms with Crippen molar-refractivity contribution < 1.29 is 13.2 Å². The van der Waals surface area contributed by atoms with Gasteiger partial charge >= 0.3 is 0 Å². The molecule has 114 valence electrons. The summed E-state index contributed by atoms with van der Waals surface area (Å²) in [5, 5.41) is 0.332. The molecule has 0 aliphatic rings. The molecule has 0 aromatic carbocycles. The number of likely N-dealkylation sites (N-methyl/N-ethyl adjacent to an activating group) is 1. The Morgan fingerprint density at radius 3 is 2.45 bits per heavy atom. The van der Waals surface area contributed by atoms with Crippen LogP contribution in [-0.4, -0.2) is 38.4 Å². The fraction of sp³-hybridized carbons (Fsp3) is 0.545. The molecular weight excluding hydrogens is 388 g/mol. The number of sulfonamides is 1. The molecule has 0 aliphatic heterocycles. The Bertz CT molecular complexity index is 565. The fourth-order valence-corrected chi connectivity index (χ4v) is 5.22. The minimum absolute atomic E-state index is 0.0774. The van der Waals surface area contributed by atoms with Gasteiger partial charge in [-0.1, -0.05) is 11.6 Å². The normalized spacial score (nSPS) is 13.2. The topological polar surface area (TPSA) is 66.5 Å². The number of rotatable bonds is 6. The number of halogens is 2. The lowest BCUT2D eigenvalue weighted by molar-refractivity contribution is -0.132. The second kappa shape index (κ2) is 7.22. The van der Waals surface area contributed by atoms with E-state index in [0.717, 1.165) is 11.3 Å². The summed E-state index contributed by atoms with van der Waals surface area (Å²) in [7, 11) is -3.75. The first-order valence-electron chi connectivity index (χ1n) is 5.98. The summed E-state index contributed by atoms with van der Waals surface area (Å²) in [4.78, 5) is 13.6. The van der Waals surface area contributed by atoms with E-state index in [0.29, 0.717) is 21.9 Å². The Hall–Kier alpha value is -0.150. The van der Waals surface area contributed by atoms with Crippen LogP contribution < -0.4 is 4.72 Å². The number of hydrogen-bond donors (Lipinski definition) is 1. The van der Waals surface area contributed by atoms with Gasteiger partial charge in [0.05, 0.1) is 14.9 Å². The summed E-state index contributed by atoms with van der Waals surface area (Å²) in [5.41, 5.74) is 0. The van der Waals surface area contributed by atoms with Gasteiger partial charge in [-0.05, 0) is 42.8 Å². The minimum Gasteiger partial charge on any atom is -0.342 e.